The molecule has 0 aromatic heterocycles. The first-order valence-corrected chi connectivity index (χ1v) is 4.88. The van der Waals surface area contributed by atoms with Crippen LogP contribution in [0.2, 0.25) is 0 Å². The molecule has 0 spiro atoms. The zero-order valence-electron chi connectivity index (χ0n) is 8.80. The second-order valence-corrected chi connectivity index (χ2v) is 3.91. The maximum Gasteiger partial charge on any atom is 0.411 e. The maximum atomic E-state index is 11.9. The molecule has 1 atom stereocenters. The minimum atomic E-state index is -4.43. The molecule has 94 valence electrons. The van der Waals surface area contributed by atoms with E-state index < -0.39 is 30.9 Å². The standard InChI is InChI=1S/C9H14F3NO3/c1-13-8(7(14)15,6-2-3-6)4-16-5-9(10,11)12/h6,13H,2-5H2,1H3,(H,14,15). The average molecular weight is 241 g/mol. The summed E-state index contributed by atoms with van der Waals surface area (Å²) in [7, 11) is 1.42. The van der Waals surface area contributed by atoms with Crippen LogP contribution in [0.25, 0.3) is 0 Å². The van der Waals surface area contributed by atoms with Gasteiger partial charge in [0.05, 0.1) is 6.61 Å². The number of carbonyl (C=O) groups is 1. The minimum Gasteiger partial charge on any atom is -0.480 e. The van der Waals surface area contributed by atoms with Gasteiger partial charge in [-0.1, -0.05) is 0 Å². The lowest BCUT2D eigenvalue weighted by atomic mass is 9.95. The van der Waals surface area contributed by atoms with Crippen molar-refractivity contribution >= 4 is 5.97 Å². The van der Waals surface area contributed by atoms with Crippen LogP contribution in [0.1, 0.15) is 12.8 Å². The van der Waals surface area contributed by atoms with Gasteiger partial charge < -0.3 is 15.2 Å². The van der Waals surface area contributed by atoms with E-state index >= 15 is 0 Å². The molecule has 1 aliphatic rings. The number of ether oxygens (including phenoxy) is 1. The van der Waals surface area contributed by atoms with Crippen molar-refractivity contribution in [1.82, 2.24) is 5.32 Å². The zero-order valence-corrected chi connectivity index (χ0v) is 8.80. The van der Waals surface area contributed by atoms with Crippen molar-refractivity contribution in [2.24, 2.45) is 5.92 Å². The second-order valence-electron chi connectivity index (χ2n) is 3.91. The highest BCUT2D eigenvalue weighted by Crippen LogP contribution is 2.40. The average Bonchev–Trinajstić information content (AvgIpc) is 2.93. The lowest BCUT2D eigenvalue weighted by Crippen LogP contribution is -2.56. The fourth-order valence-electron chi connectivity index (χ4n) is 1.64. The van der Waals surface area contributed by atoms with E-state index in [1.165, 1.54) is 7.05 Å². The highest BCUT2D eigenvalue weighted by atomic mass is 19.4. The molecule has 0 radical (unpaired) electrons. The Morgan fingerprint density at radius 2 is 2.00 bits per heavy atom. The number of alkyl halides is 3. The Labute approximate surface area is 90.8 Å². The van der Waals surface area contributed by atoms with Crippen LogP contribution >= 0.6 is 0 Å². The molecule has 0 heterocycles. The molecule has 1 unspecified atom stereocenters. The number of aliphatic carboxylic acids is 1. The first kappa shape index (κ1) is 13.2. The molecule has 7 heteroatoms. The Kier molecular flexibility index (Phi) is 3.80. The van der Waals surface area contributed by atoms with E-state index in [4.69, 9.17) is 5.11 Å². The molecular formula is C9H14F3NO3. The molecular weight excluding hydrogens is 227 g/mol. The summed E-state index contributed by atoms with van der Waals surface area (Å²) in [6.07, 6.45) is -3.04. The van der Waals surface area contributed by atoms with E-state index in [0.29, 0.717) is 12.8 Å². The van der Waals surface area contributed by atoms with Gasteiger partial charge in [0.15, 0.2) is 0 Å². The van der Waals surface area contributed by atoms with Crippen molar-refractivity contribution < 1.29 is 27.8 Å². The molecule has 1 rings (SSSR count). The first-order valence-electron chi connectivity index (χ1n) is 4.88. The number of hydrogen-bond acceptors (Lipinski definition) is 3. The van der Waals surface area contributed by atoms with Crippen LogP contribution in [0.4, 0.5) is 13.2 Å². The summed E-state index contributed by atoms with van der Waals surface area (Å²) in [5.74, 6) is -1.32. The van der Waals surface area contributed by atoms with Crippen LogP contribution < -0.4 is 5.32 Å². The van der Waals surface area contributed by atoms with Crippen molar-refractivity contribution in [2.75, 3.05) is 20.3 Å². The van der Waals surface area contributed by atoms with Crippen LogP contribution in [0.3, 0.4) is 0 Å². The van der Waals surface area contributed by atoms with Gasteiger partial charge in [0.25, 0.3) is 0 Å². The second kappa shape index (κ2) is 4.58. The molecule has 4 nitrogen and oxygen atoms in total. The monoisotopic (exact) mass is 241 g/mol. The van der Waals surface area contributed by atoms with E-state index in [9.17, 15) is 18.0 Å². The summed E-state index contributed by atoms with van der Waals surface area (Å²) in [4.78, 5) is 11.1. The third-order valence-corrected chi connectivity index (χ3v) is 2.70. The third-order valence-electron chi connectivity index (χ3n) is 2.70. The van der Waals surface area contributed by atoms with Gasteiger partial charge in [-0.25, -0.2) is 0 Å². The van der Waals surface area contributed by atoms with E-state index in [2.05, 4.69) is 10.1 Å². The molecule has 0 bridgehead atoms. The fraction of sp³-hybridized carbons (Fsp3) is 0.889. The molecule has 0 aromatic rings. The van der Waals surface area contributed by atoms with Crippen LogP contribution in [0.5, 0.6) is 0 Å². The van der Waals surface area contributed by atoms with Gasteiger partial charge >= 0.3 is 12.1 Å². The molecule has 16 heavy (non-hydrogen) atoms. The van der Waals surface area contributed by atoms with Gasteiger partial charge in [0.1, 0.15) is 12.1 Å². The summed E-state index contributed by atoms with van der Waals surface area (Å²) in [6, 6.07) is 0. The zero-order chi connectivity index (χ0) is 12.4. The molecule has 0 saturated heterocycles. The lowest BCUT2D eigenvalue weighted by Gasteiger charge is -2.28. The first-order chi connectivity index (χ1) is 7.32. The highest BCUT2D eigenvalue weighted by molar-refractivity contribution is 5.80. The quantitative estimate of drug-likeness (QED) is 0.729. The Morgan fingerprint density at radius 3 is 2.31 bits per heavy atom. The van der Waals surface area contributed by atoms with Gasteiger partial charge in [0.2, 0.25) is 0 Å². The smallest absolute Gasteiger partial charge is 0.411 e. The number of hydrogen-bond donors (Lipinski definition) is 2. The third kappa shape index (κ3) is 3.08. The number of nitrogens with one attached hydrogen (secondary N) is 1. The van der Waals surface area contributed by atoms with E-state index in [0.717, 1.165) is 0 Å². The summed E-state index contributed by atoms with van der Waals surface area (Å²) >= 11 is 0. The van der Waals surface area contributed by atoms with Gasteiger partial charge in [-0.15, -0.1) is 0 Å². The molecule has 2 N–H and O–H groups in total. The summed E-state index contributed by atoms with van der Waals surface area (Å²) in [5, 5.41) is 11.6. The van der Waals surface area contributed by atoms with Crippen molar-refractivity contribution in [3.05, 3.63) is 0 Å². The molecule has 1 aliphatic carbocycles. The van der Waals surface area contributed by atoms with Crippen LogP contribution in [0, 0.1) is 5.92 Å². The van der Waals surface area contributed by atoms with Gasteiger partial charge in [0, 0.05) is 0 Å². The summed E-state index contributed by atoms with van der Waals surface area (Å²) in [6.45, 7) is -1.89. The Bertz CT molecular complexity index is 265. The molecule has 0 aliphatic heterocycles. The van der Waals surface area contributed by atoms with Crippen LogP contribution in [-0.2, 0) is 9.53 Å². The highest BCUT2D eigenvalue weighted by Gasteiger charge is 2.51. The van der Waals surface area contributed by atoms with Gasteiger partial charge in [-0.2, -0.15) is 13.2 Å². The molecule has 0 amide bonds. The normalized spacial score (nSPS) is 20.5. The minimum absolute atomic E-state index is 0.150. The van der Waals surface area contributed by atoms with Gasteiger partial charge in [-0.3, -0.25) is 4.79 Å². The van der Waals surface area contributed by atoms with Crippen molar-refractivity contribution in [3.63, 3.8) is 0 Å². The SMILES string of the molecule is CNC(COCC(F)(F)F)(C(=O)O)C1CC1. The topological polar surface area (TPSA) is 58.6 Å². The van der Waals surface area contributed by atoms with Crippen molar-refractivity contribution in [3.8, 4) is 0 Å². The van der Waals surface area contributed by atoms with E-state index in [1.54, 1.807) is 0 Å². The Hall–Kier alpha value is -0.820. The number of carboxylic acid groups (broad SMARTS) is 1. The lowest BCUT2D eigenvalue weighted by molar-refractivity contribution is -0.183. The maximum absolute atomic E-state index is 11.9. The molecule has 1 fully saturated rings. The van der Waals surface area contributed by atoms with Crippen LogP contribution in [-0.4, -0.2) is 43.1 Å². The Morgan fingerprint density at radius 1 is 1.44 bits per heavy atom. The largest absolute Gasteiger partial charge is 0.480 e. The number of rotatable bonds is 6. The fourth-order valence-corrected chi connectivity index (χ4v) is 1.64. The van der Waals surface area contributed by atoms with E-state index in [1.807, 2.05) is 0 Å². The predicted molar refractivity (Wildman–Crippen MR) is 49.0 cm³/mol. The molecule has 0 aromatic carbocycles. The molecule has 1 saturated carbocycles. The van der Waals surface area contributed by atoms with E-state index in [-0.39, 0.29) is 5.92 Å². The number of carboxylic acids is 1. The summed E-state index contributed by atoms with van der Waals surface area (Å²) < 4.78 is 40.0. The Balaban J connectivity index is 2.54. The number of likely N-dealkylation sites (N-methyl/N-ethyl adjacent to an activating group) is 1. The number of halogens is 3. The predicted octanol–water partition coefficient (Wildman–Crippen LogP) is 1.02. The summed E-state index contributed by atoms with van der Waals surface area (Å²) in [5.41, 5.74) is -1.38. The van der Waals surface area contributed by atoms with Crippen LogP contribution in [0.15, 0.2) is 0 Å². The van der Waals surface area contributed by atoms with Gasteiger partial charge in [-0.05, 0) is 25.8 Å². The van der Waals surface area contributed by atoms with Crippen molar-refractivity contribution in [2.45, 2.75) is 24.6 Å². The van der Waals surface area contributed by atoms with Crippen molar-refractivity contribution in [1.29, 1.82) is 0 Å².